The molecule has 114 valence electrons. The van der Waals surface area contributed by atoms with E-state index < -0.39 is 32.4 Å². The molecule has 0 aromatic heterocycles. The Hall–Kier alpha value is -1.63. The number of nitrogens with zero attached hydrogens (tertiary/aromatic N) is 3. The molecule has 0 amide bonds. The van der Waals surface area contributed by atoms with Gasteiger partial charge in [-0.05, 0) is 0 Å². The van der Waals surface area contributed by atoms with Crippen molar-refractivity contribution >= 4 is 10.0 Å². The Morgan fingerprint density at radius 1 is 1.10 bits per heavy atom. The number of piperazine rings is 1. The Bertz CT molecular complexity index is 656. The lowest BCUT2D eigenvalue weighted by Gasteiger charge is -2.32. The van der Waals surface area contributed by atoms with Gasteiger partial charge in [-0.3, -0.25) is 4.90 Å². The summed E-state index contributed by atoms with van der Waals surface area (Å²) in [5, 5.41) is 8.56. The maximum absolute atomic E-state index is 13.6. The first kappa shape index (κ1) is 15.8. The highest BCUT2D eigenvalue weighted by Gasteiger charge is 2.33. The summed E-state index contributed by atoms with van der Waals surface area (Å²) < 4.78 is 65.5. The molecule has 0 bridgehead atoms. The molecular weight excluding hydrogens is 307 g/mol. The van der Waals surface area contributed by atoms with E-state index in [1.54, 1.807) is 4.90 Å². The zero-order valence-electron chi connectivity index (χ0n) is 10.9. The maximum Gasteiger partial charge on any atom is 0.249 e. The predicted molar refractivity (Wildman–Crippen MR) is 67.1 cm³/mol. The van der Waals surface area contributed by atoms with Crippen LogP contribution in [0, 0.1) is 28.8 Å². The summed E-state index contributed by atoms with van der Waals surface area (Å²) in [4.78, 5) is 0.585. The molecule has 0 aliphatic carbocycles. The first-order chi connectivity index (χ1) is 9.86. The molecule has 1 saturated heterocycles. The molecule has 1 fully saturated rings. The van der Waals surface area contributed by atoms with Crippen LogP contribution in [0.4, 0.5) is 13.2 Å². The fourth-order valence-corrected chi connectivity index (χ4v) is 3.65. The maximum atomic E-state index is 13.6. The molecule has 21 heavy (non-hydrogen) atoms. The third kappa shape index (κ3) is 3.18. The summed E-state index contributed by atoms with van der Waals surface area (Å²) in [6.07, 6.45) is 0. The molecule has 9 heteroatoms. The van der Waals surface area contributed by atoms with Gasteiger partial charge in [0.1, 0.15) is 17.5 Å². The molecule has 0 N–H and O–H groups in total. The highest BCUT2D eigenvalue weighted by atomic mass is 32.2. The van der Waals surface area contributed by atoms with E-state index in [0.29, 0.717) is 12.1 Å². The summed E-state index contributed by atoms with van der Waals surface area (Å²) in [5.74, 6) is -4.08. The van der Waals surface area contributed by atoms with Crippen molar-refractivity contribution in [3.63, 3.8) is 0 Å². The largest absolute Gasteiger partial charge is 0.288 e. The Morgan fingerprint density at radius 2 is 1.62 bits per heavy atom. The minimum atomic E-state index is -4.37. The molecule has 2 rings (SSSR count). The number of sulfonamides is 1. The Balaban J connectivity index is 2.27. The highest BCUT2D eigenvalue weighted by molar-refractivity contribution is 7.89. The zero-order valence-corrected chi connectivity index (χ0v) is 11.7. The van der Waals surface area contributed by atoms with E-state index in [4.69, 9.17) is 5.26 Å². The van der Waals surface area contributed by atoms with Gasteiger partial charge in [0.25, 0.3) is 0 Å². The first-order valence-electron chi connectivity index (χ1n) is 6.10. The lowest BCUT2D eigenvalue weighted by molar-refractivity contribution is 0.205. The third-order valence-corrected chi connectivity index (χ3v) is 5.14. The Morgan fingerprint density at radius 3 is 2.10 bits per heavy atom. The molecule has 0 atom stereocenters. The lowest BCUT2D eigenvalue weighted by atomic mass is 10.3. The van der Waals surface area contributed by atoms with Crippen molar-refractivity contribution in [2.45, 2.75) is 4.90 Å². The number of nitriles is 1. The van der Waals surface area contributed by atoms with Gasteiger partial charge in [0.2, 0.25) is 10.0 Å². The fourth-order valence-electron chi connectivity index (χ4n) is 2.13. The second-order valence-electron chi connectivity index (χ2n) is 4.54. The molecule has 0 saturated carbocycles. The second kappa shape index (κ2) is 6.01. The molecule has 0 spiro atoms. The van der Waals surface area contributed by atoms with Crippen molar-refractivity contribution in [1.29, 1.82) is 5.26 Å². The molecule has 1 heterocycles. The molecule has 1 aromatic rings. The van der Waals surface area contributed by atoms with Crippen LogP contribution in [0.25, 0.3) is 0 Å². The normalized spacial score (nSPS) is 17.6. The van der Waals surface area contributed by atoms with E-state index in [1.807, 2.05) is 6.07 Å². The van der Waals surface area contributed by atoms with Gasteiger partial charge in [0, 0.05) is 38.3 Å². The topological polar surface area (TPSA) is 64.4 Å². The molecule has 0 unspecified atom stereocenters. The minimum absolute atomic E-state index is 0.0142. The fraction of sp³-hybridized carbons (Fsp3) is 0.417. The quantitative estimate of drug-likeness (QED) is 0.778. The van der Waals surface area contributed by atoms with Gasteiger partial charge in [-0.2, -0.15) is 9.57 Å². The summed E-state index contributed by atoms with van der Waals surface area (Å²) in [7, 11) is -4.37. The average Bonchev–Trinajstić information content (AvgIpc) is 2.38. The molecule has 0 radical (unpaired) electrons. The van der Waals surface area contributed by atoms with Gasteiger partial charge < -0.3 is 0 Å². The van der Waals surface area contributed by atoms with Crippen molar-refractivity contribution in [1.82, 2.24) is 9.21 Å². The van der Waals surface area contributed by atoms with Crippen molar-refractivity contribution in [2.75, 3.05) is 32.7 Å². The van der Waals surface area contributed by atoms with Gasteiger partial charge >= 0.3 is 0 Å². The minimum Gasteiger partial charge on any atom is -0.288 e. The highest BCUT2D eigenvalue weighted by Crippen LogP contribution is 2.24. The van der Waals surface area contributed by atoms with E-state index in [2.05, 4.69) is 0 Å². The van der Waals surface area contributed by atoms with Crippen molar-refractivity contribution in [3.05, 3.63) is 29.6 Å². The average molecular weight is 319 g/mol. The van der Waals surface area contributed by atoms with Crippen LogP contribution in [0.3, 0.4) is 0 Å². The summed E-state index contributed by atoms with van der Waals surface area (Å²) in [6.45, 7) is 0.766. The van der Waals surface area contributed by atoms with Crippen LogP contribution in [-0.2, 0) is 10.0 Å². The first-order valence-corrected chi connectivity index (χ1v) is 7.54. The number of rotatable bonds is 3. The van der Waals surface area contributed by atoms with E-state index in [-0.39, 0.29) is 32.7 Å². The monoisotopic (exact) mass is 319 g/mol. The van der Waals surface area contributed by atoms with Crippen LogP contribution < -0.4 is 0 Å². The second-order valence-corrected chi connectivity index (χ2v) is 6.41. The number of hydrogen-bond donors (Lipinski definition) is 0. The van der Waals surface area contributed by atoms with Crippen LogP contribution in [-0.4, -0.2) is 50.3 Å². The van der Waals surface area contributed by atoms with Crippen LogP contribution in [0.1, 0.15) is 0 Å². The van der Waals surface area contributed by atoms with Gasteiger partial charge in [-0.25, -0.2) is 21.6 Å². The van der Waals surface area contributed by atoms with Gasteiger partial charge in [0.15, 0.2) is 4.90 Å². The summed E-state index contributed by atoms with van der Waals surface area (Å²) in [5.41, 5.74) is 0. The van der Waals surface area contributed by atoms with Crippen LogP contribution in [0.2, 0.25) is 0 Å². The Labute approximate surface area is 120 Å². The van der Waals surface area contributed by atoms with Crippen molar-refractivity contribution in [2.24, 2.45) is 0 Å². The van der Waals surface area contributed by atoms with E-state index >= 15 is 0 Å². The van der Waals surface area contributed by atoms with Crippen LogP contribution in [0.15, 0.2) is 17.0 Å². The molecular formula is C12H12F3N3O2S. The summed E-state index contributed by atoms with van der Waals surface area (Å²) in [6, 6.07) is 2.61. The van der Waals surface area contributed by atoms with Gasteiger partial charge in [-0.1, -0.05) is 0 Å². The summed E-state index contributed by atoms with van der Waals surface area (Å²) >= 11 is 0. The van der Waals surface area contributed by atoms with E-state index in [9.17, 15) is 21.6 Å². The molecule has 5 nitrogen and oxygen atoms in total. The van der Waals surface area contributed by atoms with E-state index in [0.717, 1.165) is 4.31 Å². The molecule has 1 aliphatic rings. The Kier molecular flexibility index (Phi) is 4.51. The predicted octanol–water partition coefficient (Wildman–Crippen LogP) is 0.934. The third-order valence-electron chi connectivity index (χ3n) is 3.19. The molecule has 1 aromatic carbocycles. The van der Waals surface area contributed by atoms with Gasteiger partial charge in [-0.15, -0.1) is 0 Å². The lowest BCUT2D eigenvalue weighted by Crippen LogP contribution is -2.48. The van der Waals surface area contributed by atoms with Crippen molar-refractivity contribution < 1.29 is 21.6 Å². The smallest absolute Gasteiger partial charge is 0.249 e. The van der Waals surface area contributed by atoms with E-state index in [1.165, 1.54) is 0 Å². The molecule has 1 aliphatic heterocycles. The zero-order chi connectivity index (χ0) is 15.6. The van der Waals surface area contributed by atoms with Crippen molar-refractivity contribution in [3.8, 4) is 6.07 Å². The number of halogens is 3. The SMILES string of the molecule is N#CCN1CCN(S(=O)(=O)c2c(F)cc(F)cc2F)CC1. The number of benzene rings is 1. The van der Waals surface area contributed by atoms with Crippen LogP contribution >= 0.6 is 0 Å². The number of hydrogen-bond acceptors (Lipinski definition) is 4. The van der Waals surface area contributed by atoms with Gasteiger partial charge in [0.05, 0.1) is 12.6 Å². The standard InChI is InChI=1S/C12H12F3N3O2S/c13-9-7-10(14)12(11(15)8-9)21(19,20)18-5-3-17(2-1-16)4-6-18/h7-8H,2-6H2. The van der Waals surface area contributed by atoms with Crippen LogP contribution in [0.5, 0.6) is 0 Å².